The Kier molecular flexibility index (Phi) is 3.16. The largest absolute Gasteiger partial charge is 0.493 e. The number of benzene rings is 2. The maximum Gasteiger partial charge on any atom is 0.231 e. The van der Waals surface area contributed by atoms with E-state index in [9.17, 15) is 0 Å². The van der Waals surface area contributed by atoms with E-state index in [1.807, 2.05) is 6.07 Å². The number of rotatable bonds is 2. The topological polar surface area (TPSA) is 40.2 Å². The summed E-state index contributed by atoms with van der Waals surface area (Å²) in [5, 5.41) is 0. The van der Waals surface area contributed by atoms with Gasteiger partial charge in [0.05, 0.1) is 14.2 Å². The number of hydrogen-bond donors (Lipinski definition) is 0. The second kappa shape index (κ2) is 5.30. The van der Waals surface area contributed by atoms with Crippen LogP contribution >= 0.6 is 0 Å². The molecule has 130 valence electrons. The van der Waals surface area contributed by atoms with Gasteiger partial charge < -0.3 is 18.9 Å². The van der Waals surface area contributed by atoms with E-state index in [1.165, 1.54) is 16.7 Å². The normalized spacial score (nSPS) is 20.0. The van der Waals surface area contributed by atoms with Crippen molar-refractivity contribution in [1.82, 2.24) is 4.90 Å². The Morgan fingerprint density at radius 3 is 2.76 bits per heavy atom. The van der Waals surface area contributed by atoms with Crippen LogP contribution in [-0.2, 0) is 12.8 Å². The zero-order chi connectivity index (χ0) is 17.1. The van der Waals surface area contributed by atoms with Gasteiger partial charge in [-0.3, -0.25) is 4.90 Å². The molecular weight excluding hydrogens is 318 g/mol. The van der Waals surface area contributed by atoms with E-state index in [2.05, 4.69) is 24.1 Å². The van der Waals surface area contributed by atoms with Crippen LogP contribution in [0.2, 0.25) is 0 Å². The van der Waals surface area contributed by atoms with Gasteiger partial charge in [0.1, 0.15) is 0 Å². The van der Waals surface area contributed by atoms with Crippen molar-refractivity contribution < 1.29 is 18.9 Å². The molecule has 25 heavy (non-hydrogen) atoms. The summed E-state index contributed by atoms with van der Waals surface area (Å²) in [5.74, 6) is 3.20. The minimum absolute atomic E-state index is 0.271. The summed E-state index contributed by atoms with van der Waals surface area (Å²) in [4.78, 5) is 2.44. The van der Waals surface area contributed by atoms with Gasteiger partial charge in [-0.2, -0.15) is 0 Å². The molecule has 2 aromatic rings. The fourth-order valence-electron chi connectivity index (χ4n) is 4.50. The Morgan fingerprint density at radius 2 is 1.96 bits per heavy atom. The highest BCUT2D eigenvalue weighted by atomic mass is 16.7. The molecule has 0 N–H and O–H groups in total. The number of ether oxygens (including phenoxy) is 4. The molecule has 5 heteroatoms. The smallest absolute Gasteiger partial charge is 0.231 e. The van der Waals surface area contributed by atoms with Gasteiger partial charge in [-0.05, 0) is 48.7 Å². The third-order valence-electron chi connectivity index (χ3n) is 5.68. The minimum atomic E-state index is 0.271. The first-order valence-corrected chi connectivity index (χ1v) is 8.62. The molecule has 0 saturated heterocycles. The molecular formula is C20H21NO4. The van der Waals surface area contributed by atoms with Crippen LogP contribution in [0.5, 0.6) is 23.0 Å². The molecule has 0 radical (unpaired) electrons. The highest BCUT2D eigenvalue weighted by molar-refractivity contribution is 5.88. The quantitative estimate of drug-likeness (QED) is 0.840. The predicted molar refractivity (Wildman–Crippen MR) is 93.9 cm³/mol. The Labute approximate surface area is 147 Å². The number of likely N-dealkylation sites (N-methyl/N-ethyl adjacent to an activating group) is 1. The maximum atomic E-state index is 5.90. The van der Waals surface area contributed by atoms with Gasteiger partial charge in [0.2, 0.25) is 6.79 Å². The molecule has 3 aliphatic rings. The predicted octanol–water partition coefficient (Wildman–Crippen LogP) is 3.18. The average molecular weight is 339 g/mol. The maximum absolute atomic E-state index is 5.90. The fraction of sp³-hybridized carbons (Fsp3) is 0.400. The lowest BCUT2D eigenvalue weighted by Crippen LogP contribution is -2.35. The van der Waals surface area contributed by atoms with Crippen LogP contribution in [0.15, 0.2) is 18.2 Å². The molecule has 0 spiro atoms. The van der Waals surface area contributed by atoms with Gasteiger partial charge in [0.15, 0.2) is 23.0 Å². The zero-order valence-electron chi connectivity index (χ0n) is 14.7. The number of fused-ring (bicyclic) bond motifs is 4. The number of methoxy groups -OCH3 is 2. The van der Waals surface area contributed by atoms with E-state index in [1.54, 1.807) is 14.2 Å². The van der Waals surface area contributed by atoms with Crippen LogP contribution in [0, 0.1) is 0 Å². The molecule has 0 saturated carbocycles. The first-order chi connectivity index (χ1) is 12.2. The van der Waals surface area contributed by atoms with Crippen LogP contribution in [-0.4, -0.2) is 39.5 Å². The van der Waals surface area contributed by atoms with Crippen molar-refractivity contribution in [3.63, 3.8) is 0 Å². The Hall–Kier alpha value is -2.40. The van der Waals surface area contributed by atoms with Gasteiger partial charge in [-0.15, -0.1) is 0 Å². The standard InChI is InChI=1S/C20H21NO4/c1-21-7-6-12-9-15-20(25-10-24-15)18-16(12)13(21)8-11-4-5-14(22-2)19(23-3)17(11)18/h4-5,9,13H,6-8,10H2,1-3H3/t13-/m1/s1. The van der Waals surface area contributed by atoms with Crippen LogP contribution in [0.1, 0.15) is 22.7 Å². The van der Waals surface area contributed by atoms with Crippen LogP contribution in [0.4, 0.5) is 0 Å². The summed E-state index contributed by atoms with van der Waals surface area (Å²) in [6, 6.07) is 6.67. The molecule has 0 amide bonds. The van der Waals surface area contributed by atoms with Crippen molar-refractivity contribution in [2.24, 2.45) is 0 Å². The monoisotopic (exact) mass is 339 g/mol. The SMILES string of the molecule is COc1ccc2c(c1OC)-c1c3c(cc4c1[C@@H](C2)N(C)CC4)OCO3. The molecule has 1 aliphatic carbocycles. The molecule has 5 rings (SSSR count). The van der Waals surface area contributed by atoms with E-state index in [0.29, 0.717) is 6.04 Å². The summed E-state index contributed by atoms with van der Waals surface area (Å²) in [6.07, 6.45) is 1.99. The molecule has 0 fully saturated rings. The van der Waals surface area contributed by atoms with Crippen molar-refractivity contribution in [2.45, 2.75) is 18.9 Å². The van der Waals surface area contributed by atoms with Gasteiger partial charge in [0.25, 0.3) is 0 Å². The van der Waals surface area contributed by atoms with Crippen LogP contribution in [0.3, 0.4) is 0 Å². The van der Waals surface area contributed by atoms with E-state index in [0.717, 1.165) is 53.5 Å². The average Bonchev–Trinajstić information content (AvgIpc) is 3.11. The van der Waals surface area contributed by atoms with E-state index >= 15 is 0 Å². The summed E-state index contributed by atoms with van der Waals surface area (Å²) in [5.41, 5.74) is 6.19. The molecule has 2 aromatic carbocycles. The lowest BCUT2D eigenvalue weighted by Gasteiger charge is -2.40. The van der Waals surface area contributed by atoms with Gasteiger partial charge in [-0.1, -0.05) is 6.07 Å². The lowest BCUT2D eigenvalue weighted by atomic mass is 9.76. The first kappa shape index (κ1) is 14.9. The molecule has 1 atom stereocenters. The third-order valence-corrected chi connectivity index (χ3v) is 5.68. The summed E-state index contributed by atoms with van der Waals surface area (Å²) >= 11 is 0. The van der Waals surface area contributed by atoms with Gasteiger partial charge in [0, 0.05) is 23.7 Å². The fourth-order valence-corrected chi connectivity index (χ4v) is 4.50. The van der Waals surface area contributed by atoms with E-state index < -0.39 is 0 Å². The molecule has 2 aliphatic heterocycles. The second-order valence-corrected chi connectivity index (χ2v) is 6.84. The Balaban J connectivity index is 1.88. The van der Waals surface area contributed by atoms with Crippen LogP contribution < -0.4 is 18.9 Å². The van der Waals surface area contributed by atoms with Crippen molar-refractivity contribution in [3.05, 3.63) is 34.9 Å². The first-order valence-electron chi connectivity index (χ1n) is 8.62. The lowest BCUT2D eigenvalue weighted by molar-refractivity contribution is 0.174. The molecule has 5 nitrogen and oxygen atoms in total. The Bertz CT molecular complexity index is 877. The second-order valence-electron chi connectivity index (χ2n) is 6.84. The highest BCUT2D eigenvalue weighted by Crippen LogP contribution is 2.57. The van der Waals surface area contributed by atoms with Crippen molar-refractivity contribution >= 4 is 0 Å². The Morgan fingerprint density at radius 1 is 1.08 bits per heavy atom. The van der Waals surface area contributed by atoms with Crippen LogP contribution in [0.25, 0.3) is 11.1 Å². The third kappa shape index (κ3) is 1.93. The number of hydrogen-bond acceptors (Lipinski definition) is 5. The van der Waals surface area contributed by atoms with Crippen molar-refractivity contribution in [1.29, 1.82) is 0 Å². The minimum Gasteiger partial charge on any atom is -0.493 e. The molecule has 0 unspecified atom stereocenters. The van der Waals surface area contributed by atoms with E-state index in [4.69, 9.17) is 18.9 Å². The van der Waals surface area contributed by atoms with Crippen molar-refractivity contribution in [3.8, 4) is 34.1 Å². The van der Waals surface area contributed by atoms with Crippen molar-refractivity contribution in [2.75, 3.05) is 34.6 Å². The molecule has 2 heterocycles. The molecule has 0 aromatic heterocycles. The van der Waals surface area contributed by atoms with Gasteiger partial charge >= 0.3 is 0 Å². The highest BCUT2D eigenvalue weighted by Gasteiger charge is 2.39. The zero-order valence-corrected chi connectivity index (χ0v) is 14.7. The summed E-state index contributed by atoms with van der Waals surface area (Å²) in [6.45, 7) is 1.33. The number of nitrogens with zero attached hydrogens (tertiary/aromatic N) is 1. The van der Waals surface area contributed by atoms with Gasteiger partial charge in [-0.25, -0.2) is 0 Å². The summed E-state index contributed by atoms with van der Waals surface area (Å²) in [7, 11) is 5.57. The van der Waals surface area contributed by atoms with E-state index in [-0.39, 0.29) is 6.79 Å². The molecule has 0 bridgehead atoms. The summed E-state index contributed by atoms with van der Waals surface area (Å²) < 4.78 is 22.9.